The van der Waals surface area contributed by atoms with E-state index in [1.54, 1.807) is 0 Å². The molecule has 1 heterocycles. The Morgan fingerprint density at radius 1 is 1.30 bits per heavy atom. The van der Waals surface area contributed by atoms with Crippen LogP contribution in [0.15, 0.2) is 22.7 Å². The van der Waals surface area contributed by atoms with Crippen molar-refractivity contribution in [3.05, 3.63) is 33.8 Å². The van der Waals surface area contributed by atoms with Gasteiger partial charge in [0.25, 0.3) is 0 Å². The average Bonchev–Trinajstić information content (AvgIpc) is 3.28. The minimum atomic E-state index is 0.848. The number of rotatable bonds is 5. The van der Waals surface area contributed by atoms with E-state index in [1.165, 1.54) is 60.9 Å². The molecular formula is C17H25BrN2. The first-order valence-electron chi connectivity index (χ1n) is 7.92. The molecule has 110 valence electrons. The lowest BCUT2D eigenvalue weighted by molar-refractivity contribution is 0.193. The predicted octanol–water partition coefficient (Wildman–Crippen LogP) is 3.72. The third-order valence-electron chi connectivity index (χ3n) is 4.56. The van der Waals surface area contributed by atoms with Gasteiger partial charge in [-0.2, -0.15) is 0 Å². The van der Waals surface area contributed by atoms with E-state index in [0.717, 1.165) is 18.5 Å². The Bertz CT molecular complexity index is 450. The zero-order valence-electron chi connectivity index (χ0n) is 12.4. The normalized spacial score (nSPS) is 23.2. The predicted molar refractivity (Wildman–Crippen MR) is 87.9 cm³/mol. The van der Waals surface area contributed by atoms with Crippen LogP contribution in [0.4, 0.5) is 0 Å². The molecule has 1 atom stereocenters. The molecule has 1 aromatic carbocycles. The monoisotopic (exact) mass is 336 g/mol. The molecule has 0 bridgehead atoms. The fraction of sp³-hybridized carbons (Fsp3) is 0.647. The first kappa shape index (κ1) is 14.6. The van der Waals surface area contributed by atoms with E-state index in [-0.39, 0.29) is 0 Å². The smallest absolute Gasteiger partial charge is 0.0236 e. The Morgan fingerprint density at radius 2 is 2.15 bits per heavy atom. The zero-order valence-corrected chi connectivity index (χ0v) is 14.0. The highest BCUT2D eigenvalue weighted by Gasteiger charge is 2.30. The largest absolute Gasteiger partial charge is 0.316 e. The molecule has 2 aliphatic rings. The molecular weight excluding hydrogens is 312 g/mol. The maximum absolute atomic E-state index is 3.59. The maximum atomic E-state index is 3.59. The lowest BCUT2D eigenvalue weighted by Crippen LogP contribution is -2.39. The van der Waals surface area contributed by atoms with Crippen LogP contribution in [0.25, 0.3) is 0 Å². The van der Waals surface area contributed by atoms with E-state index in [1.807, 2.05) is 0 Å². The van der Waals surface area contributed by atoms with E-state index >= 15 is 0 Å². The number of hydrogen-bond acceptors (Lipinski definition) is 2. The Labute approximate surface area is 131 Å². The lowest BCUT2D eigenvalue weighted by Gasteiger charge is -2.30. The Kier molecular flexibility index (Phi) is 4.79. The molecule has 3 rings (SSSR count). The van der Waals surface area contributed by atoms with Gasteiger partial charge in [0.05, 0.1) is 0 Å². The number of nitrogens with zero attached hydrogens (tertiary/aromatic N) is 1. The fourth-order valence-corrected chi connectivity index (χ4v) is 3.48. The molecule has 2 nitrogen and oxygen atoms in total. The first-order valence-corrected chi connectivity index (χ1v) is 8.71. The zero-order chi connectivity index (χ0) is 13.9. The number of benzene rings is 1. The van der Waals surface area contributed by atoms with Crippen molar-refractivity contribution in [1.82, 2.24) is 10.2 Å². The number of hydrogen-bond donors (Lipinski definition) is 1. The summed E-state index contributed by atoms with van der Waals surface area (Å²) >= 11 is 3.59. The van der Waals surface area contributed by atoms with Gasteiger partial charge in [-0.05, 0) is 68.8 Å². The van der Waals surface area contributed by atoms with E-state index in [2.05, 4.69) is 51.3 Å². The SMILES string of the molecule is Cc1cc(CN(CC2CCCNC2)C2CC2)ccc1Br. The number of piperidine rings is 1. The number of halogens is 1. The summed E-state index contributed by atoms with van der Waals surface area (Å²) in [6, 6.07) is 7.64. The van der Waals surface area contributed by atoms with Crippen molar-refractivity contribution in [2.24, 2.45) is 5.92 Å². The Balaban J connectivity index is 1.62. The van der Waals surface area contributed by atoms with Crippen molar-refractivity contribution in [3.63, 3.8) is 0 Å². The van der Waals surface area contributed by atoms with E-state index < -0.39 is 0 Å². The second-order valence-corrected chi connectivity index (χ2v) is 7.31. The molecule has 20 heavy (non-hydrogen) atoms. The number of nitrogens with one attached hydrogen (secondary N) is 1. The summed E-state index contributed by atoms with van der Waals surface area (Å²) in [5.41, 5.74) is 2.80. The molecule has 0 aromatic heterocycles. The van der Waals surface area contributed by atoms with Crippen molar-refractivity contribution in [2.45, 2.75) is 45.2 Å². The van der Waals surface area contributed by atoms with E-state index in [0.29, 0.717) is 0 Å². The van der Waals surface area contributed by atoms with Crippen molar-refractivity contribution in [3.8, 4) is 0 Å². The molecule has 2 fully saturated rings. The van der Waals surface area contributed by atoms with Gasteiger partial charge in [0.1, 0.15) is 0 Å². The minimum Gasteiger partial charge on any atom is -0.316 e. The van der Waals surface area contributed by atoms with Gasteiger partial charge in [0, 0.05) is 23.6 Å². The molecule has 1 unspecified atom stereocenters. The van der Waals surface area contributed by atoms with Crippen molar-refractivity contribution < 1.29 is 0 Å². The van der Waals surface area contributed by atoms with Gasteiger partial charge in [0.2, 0.25) is 0 Å². The van der Waals surface area contributed by atoms with Crippen LogP contribution in [0.1, 0.15) is 36.8 Å². The van der Waals surface area contributed by atoms with Gasteiger partial charge >= 0.3 is 0 Å². The first-order chi connectivity index (χ1) is 9.72. The summed E-state index contributed by atoms with van der Waals surface area (Å²) < 4.78 is 1.22. The molecule has 1 aliphatic heterocycles. The second kappa shape index (κ2) is 6.59. The van der Waals surface area contributed by atoms with Crippen molar-refractivity contribution >= 4 is 15.9 Å². The maximum Gasteiger partial charge on any atom is 0.0236 e. The Hall–Kier alpha value is -0.380. The lowest BCUT2D eigenvalue weighted by atomic mass is 9.98. The molecule has 0 amide bonds. The highest BCUT2D eigenvalue weighted by atomic mass is 79.9. The Morgan fingerprint density at radius 3 is 2.80 bits per heavy atom. The van der Waals surface area contributed by atoms with E-state index in [4.69, 9.17) is 0 Å². The average molecular weight is 337 g/mol. The van der Waals surface area contributed by atoms with Crippen molar-refractivity contribution in [1.29, 1.82) is 0 Å². The van der Waals surface area contributed by atoms with E-state index in [9.17, 15) is 0 Å². The van der Waals surface area contributed by atoms with Gasteiger partial charge in [-0.25, -0.2) is 0 Å². The molecule has 1 N–H and O–H groups in total. The van der Waals surface area contributed by atoms with Gasteiger partial charge in [-0.1, -0.05) is 28.1 Å². The van der Waals surface area contributed by atoms with Gasteiger partial charge in [-0.3, -0.25) is 4.90 Å². The minimum absolute atomic E-state index is 0.848. The van der Waals surface area contributed by atoms with Crippen LogP contribution >= 0.6 is 15.9 Å². The molecule has 0 spiro atoms. The van der Waals surface area contributed by atoms with Crippen LogP contribution in [0.3, 0.4) is 0 Å². The quantitative estimate of drug-likeness (QED) is 0.881. The molecule has 0 radical (unpaired) electrons. The molecule has 1 aliphatic carbocycles. The van der Waals surface area contributed by atoms with Crippen LogP contribution in [0.5, 0.6) is 0 Å². The summed E-state index contributed by atoms with van der Waals surface area (Å²) in [7, 11) is 0. The second-order valence-electron chi connectivity index (χ2n) is 6.46. The number of aryl methyl sites for hydroxylation is 1. The summed E-state index contributed by atoms with van der Waals surface area (Å²) in [6.45, 7) is 7.00. The van der Waals surface area contributed by atoms with Crippen molar-refractivity contribution in [2.75, 3.05) is 19.6 Å². The van der Waals surface area contributed by atoms with Crippen LogP contribution in [-0.2, 0) is 6.54 Å². The highest BCUT2D eigenvalue weighted by Crippen LogP contribution is 2.30. The standard InChI is InChI=1S/C17H25BrN2/c1-13-9-14(4-7-17(13)18)11-20(16-5-6-16)12-15-3-2-8-19-10-15/h4,7,9,15-16,19H,2-3,5-6,8,10-12H2,1H3. The summed E-state index contributed by atoms with van der Waals surface area (Å²) in [6.07, 6.45) is 5.54. The molecule has 1 aromatic rings. The van der Waals surface area contributed by atoms with Crippen LogP contribution in [0, 0.1) is 12.8 Å². The third kappa shape index (κ3) is 3.84. The molecule has 1 saturated heterocycles. The molecule has 1 saturated carbocycles. The fourth-order valence-electron chi connectivity index (χ4n) is 3.23. The summed E-state index contributed by atoms with van der Waals surface area (Å²) in [4.78, 5) is 2.72. The highest BCUT2D eigenvalue weighted by molar-refractivity contribution is 9.10. The molecule has 3 heteroatoms. The van der Waals surface area contributed by atoms with Gasteiger partial charge < -0.3 is 5.32 Å². The summed E-state index contributed by atoms with van der Waals surface area (Å²) in [5, 5.41) is 3.55. The van der Waals surface area contributed by atoms with Crippen LogP contribution in [-0.4, -0.2) is 30.6 Å². The topological polar surface area (TPSA) is 15.3 Å². The van der Waals surface area contributed by atoms with Gasteiger partial charge in [0.15, 0.2) is 0 Å². The van der Waals surface area contributed by atoms with Crippen LogP contribution in [0.2, 0.25) is 0 Å². The van der Waals surface area contributed by atoms with Gasteiger partial charge in [-0.15, -0.1) is 0 Å². The third-order valence-corrected chi connectivity index (χ3v) is 5.45. The summed E-state index contributed by atoms with van der Waals surface area (Å²) in [5.74, 6) is 0.848. The van der Waals surface area contributed by atoms with Crippen LogP contribution < -0.4 is 5.32 Å².